The summed E-state index contributed by atoms with van der Waals surface area (Å²) in [4.78, 5) is 25.2. The van der Waals surface area contributed by atoms with E-state index in [1.807, 2.05) is 26.8 Å². The van der Waals surface area contributed by atoms with Crippen LogP contribution in [0.15, 0.2) is 10.5 Å². The zero-order chi connectivity index (χ0) is 13.4. The van der Waals surface area contributed by atoms with Gasteiger partial charge in [0, 0.05) is 5.56 Å². The molecule has 2 amide bonds. The van der Waals surface area contributed by atoms with Crippen molar-refractivity contribution in [2.45, 2.75) is 39.8 Å². The summed E-state index contributed by atoms with van der Waals surface area (Å²) < 4.78 is 5.48. The lowest BCUT2D eigenvalue weighted by molar-refractivity contribution is -0.145. The third-order valence-corrected chi connectivity index (χ3v) is 3.34. The number of nitrogens with zero attached hydrogens (tertiary/aromatic N) is 1. The summed E-state index contributed by atoms with van der Waals surface area (Å²) in [6.45, 7) is 7.47. The average Bonchev–Trinajstić information content (AvgIpc) is 2.62. The molecule has 98 valence electrons. The van der Waals surface area contributed by atoms with Crippen molar-refractivity contribution in [1.82, 2.24) is 10.2 Å². The molecular weight excluding hydrogens is 232 g/mol. The normalized spacial score (nSPS) is 22.0. The number of hydrogen-bond acceptors (Lipinski definition) is 3. The number of rotatable bonds is 2. The minimum absolute atomic E-state index is 0.0552. The van der Waals surface area contributed by atoms with Gasteiger partial charge in [0.2, 0.25) is 11.8 Å². The summed E-state index contributed by atoms with van der Waals surface area (Å²) in [5.74, 6) is 1.44. The zero-order valence-corrected chi connectivity index (χ0v) is 11.1. The van der Waals surface area contributed by atoms with E-state index < -0.39 is 6.04 Å². The van der Waals surface area contributed by atoms with E-state index in [2.05, 4.69) is 5.32 Å². The molecule has 0 aliphatic carbocycles. The molecule has 0 saturated carbocycles. The molecule has 1 saturated heterocycles. The van der Waals surface area contributed by atoms with Crippen LogP contribution >= 0.6 is 0 Å². The van der Waals surface area contributed by atoms with Gasteiger partial charge in [0.1, 0.15) is 24.1 Å². The van der Waals surface area contributed by atoms with E-state index >= 15 is 0 Å². The SMILES string of the molecule is Cc1cc(C(C)N2CC(=O)NC(C)C2=O)c(C)o1. The highest BCUT2D eigenvalue weighted by Gasteiger charge is 2.34. The molecule has 5 heteroatoms. The minimum atomic E-state index is -0.456. The first-order chi connectivity index (χ1) is 8.40. The summed E-state index contributed by atoms with van der Waals surface area (Å²) in [7, 11) is 0. The van der Waals surface area contributed by atoms with Crippen LogP contribution < -0.4 is 5.32 Å². The van der Waals surface area contributed by atoms with Crippen molar-refractivity contribution in [2.24, 2.45) is 0 Å². The molecule has 1 aromatic heterocycles. The van der Waals surface area contributed by atoms with Crippen LogP contribution in [0.5, 0.6) is 0 Å². The number of piperazine rings is 1. The van der Waals surface area contributed by atoms with Gasteiger partial charge in [-0.3, -0.25) is 9.59 Å². The van der Waals surface area contributed by atoms with Crippen molar-refractivity contribution in [2.75, 3.05) is 6.54 Å². The Balaban J connectivity index is 2.27. The number of furan rings is 1. The highest BCUT2D eigenvalue weighted by molar-refractivity contribution is 5.94. The van der Waals surface area contributed by atoms with E-state index in [9.17, 15) is 9.59 Å². The van der Waals surface area contributed by atoms with Gasteiger partial charge in [0.15, 0.2) is 0 Å². The standard InChI is InChI=1S/C13H18N2O3/c1-7-5-11(10(4)18-7)9(3)15-6-12(16)14-8(2)13(15)17/h5,8-9H,6H2,1-4H3,(H,14,16). The molecule has 1 aliphatic heterocycles. The van der Waals surface area contributed by atoms with Crippen molar-refractivity contribution in [3.05, 3.63) is 23.2 Å². The maximum Gasteiger partial charge on any atom is 0.245 e. The zero-order valence-electron chi connectivity index (χ0n) is 11.1. The van der Waals surface area contributed by atoms with Gasteiger partial charge in [0.05, 0.1) is 6.04 Å². The van der Waals surface area contributed by atoms with Crippen molar-refractivity contribution in [1.29, 1.82) is 0 Å². The number of aryl methyl sites for hydroxylation is 2. The smallest absolute Gasteiger partial charge is 0.245 e. The third kappa shape index (κ3) is 2.12. The van der Waals surface area contributed by atoms with Gasteiger partial charge in [-0.2, -0.15) is 0 Å². The Morgan fingerprint density at radius 3 is 2.67 bits per heavy atom. The molecule has 1 fully saturated rings. The Morgan fingerprint density at radius 1 is 1.44 bits per heavy atom. The second-order valence-electron chi connectivity index (χ2n) is 4.80. The minimum Gasteiger partial charge on any atom is -0.466 e. The molecule has 18 heavy (non-hydrogen) atoms. The molecular formula is C13H18N2O3. The Morgan fingerprint density at radius 2 is 2.11 bits per heavy atom. The van der Waals surface area contributed by atoms with Gasteiger partial charge >= 0.3 is 0 Å². The first-order valence-corrected chi connectivity index (χ1v) is 6.07. The molecule has 2 unspecified atom stereocenters. The van der Waals surface area contributed by atoms with Gasteiger partial charge in [-0.25, -0.2) is 0 Å². The molecule has 0 radical (unpaired) electrons. The van der Waals surface area contributed by atoms with Gasteiger partial charge in [-0.15, -0.1) is 0 Å². The number of amides is 2. The van der Waals surface area contributed by atoms with Crippen LogP contribution in [0, 0.1) is 13.8 Å². The van der Waals surface area contributed by atoms with Gasteiger partial charge in [0.25, 0.3) is 0 Å². The van der Waals surface area contributed by atoms with Gasteiger partial charge in [-0.1, -0.05) is 0 Å². The number of carbonyl (C=O) groups is 2. The highest BCUT2D eigenvalue weighted by atomic mass is 16.3. The highest BCUT2D eigenvalue weighted by Crippen LogP contribution is 2.27. The van der Waals surface area contributed by atoms with Crippen molar-refractivity contribution < 1.29 is 14.0 Å². The van der Waals surface area contributed by atoms with Crippen molar-refractivity contribution >= 4 is 11.8 Å². The molecule has 0 spiro atoms. The van der Waals surface area contributed by atoms with Crippen LogP contribution in [0.4, 0.5) is 0 Å². The van der Waals surface area contributed by atoms with E-state index in [1.165, 1.54) is 0 Å². The van der Waals surface area contributed by atoms with Gasteiger partial charge < -0.3 is 14.6 Å². The van der Waals surface area contributed by atoms with E-state index in [0.29, 0.717) is 0 Å². The molecule has 1 N–H and O–H groups in total. The topological polar surface area (TPSA) is 62.6 Å². The summed E-state index contributed by atoms with van der Waals surface area (Å²) in [6, 6.07) is 1.32. The number of hydrogen-bond donors (Lipinski definition) is 1. The lowest BCUT2D eigenvalue weighted by Gasteiger charge is -2.35. The summed E-state index contributed by atoms with van der Waals surface area (Å²) in [6.07, 6.45) is 0. The van der Waals surface area contributed by atoms with Crippen molar-refractivity contribution in [3.63, 3.8) is 0 Å². The molecule has 2 rings (SSSR count). The van der Waals surface area contributed by atoms with Crippen LogP contribution in [0.2, 0.25) is 0 Å². The average molecular weight is 250 g/mol. The number of nitrogens with one attached hydrogen (secondary N) is 1. The summed E-state index contributed by atoms with van der Waals surface area (Å²) in [5, 5.41) is 2.63. The van der Waals surface area contributed by atoms with E-state index in [-0.39, 0.29) is 24.4 Å². The molecule has 2 atom stereocenters. The molecule has 1 aromatic rings. The largest absolute Gasteiger partial charge is 0.466 e. The third-order valence-electron chi connectivity index (χ3n) is 3.34. The Labute approximate surface area is 106 Å². The van der Waals surface area contributed by atoms with E-state index in [1.54, 1.807) is 11.8 Å². The Hall–Kier alpha value is -1.78. The quantitative estimate of drug-likeness (QED) is 0.860. The van der Waals surface area contributed by atoms with Crippen LogP contribution in [0.1, 0.15) is 37.0 Å². The predicted octanol–water partition coefficient (Wildman–Crippen LogP) is 1.30. The van der Waals surface area contributed by atoms with Crippen LogP contribution in [-0.2, 0) is 9.59 Å². The Bertz CT molecular complexity index is 492. The molecule has 1 aliphatic rings. The van der Waals surface area contributed by atoms with E-state index in [0.717, 1.165) is 17.1 Å². The molecule has 5 nitrogen and oxygen atoms in total. The maximum atomic E-state index is 12.1. The first kappa shape index (κ1) is 12.7. The second-order valence-corrected chi connectivity index (χ2v) is 4.80. The lowest BCUT2D eigenvalue weighted by atomic mass is 10.0. The van der Waals surface area contributed by atoms with Crippen LogP contribution in [0.25, 0.3) is 0 Å². The fourth-order valence-electron chi connectivity index (χ4n) is 2.39. The molecule has 0 aromatic carbocycles. The summed E-state index contributed by atoms with van der Waals surface area (Å²) >= 11 is 0. The Kier molecular flexibility index (Phi) is 3.15. The van der Waals surface area contributed by atoms with Crippen LogP contribution in [-0.4, -0.2) is 29.3 Å². The predicted molar refractivity (Wildman–Crippen MR) is 65.9 cm³/mol. The van der Waals surface area contributed by atoms with Gasteiger partial charge in [-0.05, 0) is 33.8 Å². The van der Waals surface area contributed by atoms with E-state index in [4.69, 9.17) is 4.42 Å². The molecule has 2 heterocycles. The first-order valence-electron chi connectivity index (χ1n) is 6.07. The fraction of sp³-hybridized carbons (Fsp3) is 0.538. The molecule has 0 bridgehead atoms. The maximum absolute atomic E-state index is 12.1. The van der Waals surface area contributed by atoms with Crippen LogP contribution in [0.3, 0.4) is 0 Å². The summed E-state index contributed by atoms with van der Waals surface area (Å²) in [5.41, 5.74) is 0.961. The fourth-order valence-corrected chi connectivity index (χ4v) is 2.39. The second kappa shape index (κ2) is 4.48. The van der Waals surface area contributed by atoms with Crippen molar-refractivity contribution in [3.8, 4) is 0 Å². The lowest BCUT2D eigenvalue weighted by Crippen LogP contribution is -2.57. The number of carbonyl (C=O) groups excluding carboxylic acids is 2. The monoisotopic (exact) mass is 250 g/mol.